The van der Waals surface area contributed by atoms with E-state index in [9.17, 15) is 0 Å². The number of halogens is 2. The van der Waals surface area contributed by atoms with Crippen LogP contribution in [0.4, 0.5) is 5.69 Å². The Hall–Kier alpha value is -0.950. The van der Waals surface area contributed by atoms with E-state index < -0.39 is 5.54 Å². The third kappa shape index (κ3) is 2.25. The van der Waals surface area contributed by atoms with E-state index in [4.69, 9.17) is 34.2 Å². The lowest BCUT2D eigenvalue weighted by Gasteiger charge is -2.20. The van der Waals surface area contributed by atoms with Gasteiger partial charge in [-0.2, -0.15) is 5.26 Å². The van der Waals surface area contributed by atoms with E-state index in [0.29, 0.717) is 23.0 Å². The molecule has 0 aromatic heterocycles. The fourth-order valence-electron chi connectivity index (χ4n) is 1.87. The molecule has 16 heavy (non-hydrogen) atoms. The fourth-order valence-corrected chi connectivity index (χ4v) is 2.38. The van der Waals surface area contributed by atoms with E-state index >= 15 is 0 Å². The molecule has 5 heteroatoms. The molecule has 0 saturated carbocycles. The molecule has 1 aromatic carbocycles. The molecule has 1 aliphatic rings. The van der Waals surface area contributed by atoms with Gasteiger partial charge in [0.15, 0.2) is 0 Å². The van der Waals surface area contributed by atoms with Crippen LogP contribution in [0, 0.1) is 11.3 Å². The first-order valence-electron chi connectivity index (χ1n) is 4.94. The van der Waals surface area contributed by atoms with Gasteiger partial charge in [-0.05, 0) is 24.6 Å². The smallest absolute Gasteiger partial charge is 0.123 e. The summed E-state index contributed by atoms with van der Waals surface area (Å²) in [6.07, 6.45) is 0.660. The molecule has 84 valence electrons. The number of nitriles is 1. The summed E-state index contributed by atoms with van der Waals surface area (Å²) in [5, 5.41) is 10.1. The predicted molar refractivity (Wildman–Crippen MR) is 65.8 cm³/mol. The van der Waals surface area contributed by atoms with Crippen molar-refractivity contribution in [3.8, 4) is 6.07 Å². The summed E-state index contributed by atoms with van der Waals surface area (Å²) in [7, 11) is 0. The normalized spacial score (nSPS) is 24.5. The lowest BCUT2D eigenvalue weighted by Crippen LogP contribution is -2.41. The summed E-state index contributed by atoms with van der Waals surface area (Å²) in [5.41, 5.74) is 6.06. The number of benzene rings is 1. The largest absolute Gasteiger partial charge is 0.368 e. The van der Waals surface area contributed by atoms with Crippen LogP contribution < -0.4 is 10.6 Å². The molecule has 1 aromatic rings. The molecule has 0 aliphatic carbocycles. The van der Waals surface area contributed by atoms with Gasteiger partial charge in [0.25, 0.3) is 0 Å². The monoisotopic (exact) mass is 255 g/mol. The van der Waals surface area contributed by atoms with Gasteiger partial charge in [0, 0.05) is 28.8 Å². The van der Waals surface area contributed by atoms with Crippen molar-refractivity contribution in [1.29, 1.82) is 5.26 Å². The van der Waals surface area contributed by atoms with Crippen molar-refractivity contribution < 1.29 is 0 Å². The average molecular weight is 256 g/mol. The number of hydrogen-bond acceptors (Lipinski definition) is 3. The topological polar surface area (TPSA) is 53.1 Å². The van der Waals surface area contributed by atoms with Gasteiger partial charge in [-0.25, -0.2) is 0 Å². The maximum atomic E-state index is 8.95. The molecule has 0 spiro atoms. The zero-order valence-corrected chi connectivity index (χ0v) is 10.1. The van der Waals surface area contributed by atoms with Crippen LogP contribution in [-0.2, 0) is 0 Å². The van der Waals surface area contributed by atoms with Crippen LogP contribution in [0.3, 0.4) is 0 Å². The molecule has 1 atom stereocenters. The maximum Gasteiger partial charge on any atom is 0.123 e. The van der Waals surface area contributed by atoms with Crippen LogP contribution in [0.5, 0.6) is 0 Å². The highest BCUT2D eigenvalue weighted by Gasteiger charge is 2.34. The quantitative estimate of drug-likeness (QED) is 0.839. The molecule has 0 bridgehead atoms. The van der Waals surface area contributed by atoms with Crippen LogP contribution in [0.25, 0.3) is 0 Å². The van der Waals surface area contributed by atoms with E-state index in [1.807, 2.05) is 17.0 Å². The minimum Gasteiger partial charge on any atom is -0.368 e. The fraction of sp³-hybridized carbons (Fsp3) is 0.364. The Morgan fingerprint density at radius 3 is 2.44 bits per heavy atom. The highest BCUT2D eigenvalue weighted by molar-refractivity contribution is 6.35. The molecule has 3 nitrogen and oxygen atoms in total. The van der Waals surface area contributed by atoms with Crippen molar-refractivity contribution in [2.45, 2.75) is 12.0 Å². The van der Waals surface area contributed by atoms with Crippen molar-refractivity contribution in [3.05, 3.63) is 28.2 Å². The van der Waals surface area contributed by atoms with E-state index in [0.717, 1.165) is 12.2 Å². The SMILES string of the molecule is N#CC1(N)CCN(c2cc(Cl)cc(Cl)c2)C1. The summed E-state index contributed by atoms with van der Waals surface area (Å²) >= 11 is 11.9. The van der Waals surface area contributed by atoms with Gasteiger partial charge in [0.1, 0.15) is 5.54 Å². The third-order valence-electron chi connectivity index (χ3n) is 2.74. The molecule has 1 fully saturated rings. The number of nitrogens with two attached hydrogens (primary N) is 1. The van der Waals surface area contributed by atoms with Crippen molar-refractivity contribution in [1.82, 2.24) is 0 Å². The number of rotatable bonds is 1. The van der Waals surface area contributed by atoms with E-state index in [1.54, 1.807) is 6.07 Å². The molecule has 1 saturated heterocycles. The second-order valence-corrected chi connectivity index (χ2v) is 4.94. The van der Waals surface area contributed by atoms with Gasteiger partial charge >= 0.3 is 0 Å². The Bertz CT molecular complexity index is 435. The molecule has 1 unspecified atom stereocenters. The second-order valence-electron chi connectivity index (χ2n) is 4.07. The molecule has 0 radical (unpaired) electrons. The summed E-state index contributed by atoms with van der Waals surface area (Å²) in [6, 6.07) is 7.48. The minimum absolute atomic E-state index is 0.514. The zero-order valence-electron chi connectivity index (χ0n) is 8.58. The standard InChI is InChI=1S/C11H11Cl2N3/c12-8-3-9(13)5-10(4-8)16-2-1-11(15,6-14)7-16/h3-5H,1-2,7,15H2. The van der Waals surface area contributed by atoms with Gasteiger partial charge in [0.05, 0.1) is 6.07 Å². The number of nitrogens with zero attached hydrogens (tertiary/aromatic N) is 2. The van der Waals surface area contributed by atoms with E-state index in [-0.39, 0.29) is 0 Å². The Morgan fingerprint density at radius 2 is 1.94 bits per heavy atom. The predicted octanol–water partition coefficient (Wildman–Crippen LogP) is 2.42. The van der Waals surface area contributed by atoms with Crippen LogP contribution in [0.1, 0.15) is 6.42 Å². The molecular weight excluding hydrogens is 245 g/mol. The Kier molecular flexibility index (Phi) is 2.98. The first-order chi connectivity index (χ1) is 7.52. The van der Waals surface area contributed by atoms with Gasteiger partial charge in [-0.15, -0.1) is 0 Å². The maximum absolute atomic E-state index is 8.95. The van der Waals surface area contributed by atoms with E-state index in [1.165, 1.54) is 0 Å². The zero-order chi connectivity index (χ0) is 11.8. The van der Waals surface area contributed by atoms with Gasteiger partial charge < -0.3 is 10.6 Å². The van der Waals surface area contributed by atoms with Crippen LogP contribution in [0.2, 0.25) is 10.0 Å². The average Bonchev–Trinajstić information content (AvgIpc) is 2.61. The Morgan fingerprint density at radius 1 is 1.31 bits per heavy atom. The molecule has 1 aliphatic heterocycles. The Labute approximate surface area is 104 Å². The van der Waals surface area contributed by atoms with Crippen molar-refractivity contribution >= 4 is 28.9 Å². The summed E-state index contributed by atoms with van der Waals surface area (Å²) in [4.78, 5) is 2.03. The molecule has 1 heterocycles. The molecular formula is C11H11Cl2N3. The number of hydrogen-bond donors (Lipinski definition) is 1. The molecule has 2 N–H and O–H groups in total. The van der Waals surface area contributed by atoms with Crippen molar-refractivity contribution in [2.24, 2.45) is 5.73 Å². The highest BCUT2D eigenvalue weighted by Crippen LogP contribution is 2.29. The summed E-state index contributed by atoms with van der Waals surface area (Å²) in [6.45, 7) is 1.26. The second kappa shape index (κ2) is 4.14. The van der Waals surface area contributed by atoms with E-state index in [2.05, 4.69) is 6.07 Å². The van der Waals surface area contributed by atoms with Crippen LogP contribution in [0.15, 0.2) is 18.2 Å². The van der Waals surface area contributed by atoms with Crippen LogP contribution in [-0.4, -0.2) is 18.6 Å². The van der Waals surface area contributed by atoms with Gasteiger partial charge in [0.2, 0.25) is 0 Å². The Balaban J connectivity index is 2.24. The first kappa shape index (κ1) is 11.5. The molecule has 2 rings (SSSR count). The van der Waals surface area contributed by atoms with Crippen molar-refractivity contribution in [2.75, 3.05) is 18.0 Å². The lowest BCUT2D eigenvalue weighted by atomic mass is 10.0. The molecule has 0 amide bonds. The van der Waals surface area contributed by atoms with Gasteiger partial charge in [-0.1, -0.05) is 23.2 Å². The minimum atomic E-state index is -0.755. The summed E-state index contributed by atoms with van der Waals surface area (Å²) in [5.74, 6) is 0. The third-order valence-corrected chi connectivity index (χ3v) is 3.17. The van der Waals surface area contributed by atoms with Gasteiger partial charge in [-0.3, -0.25) is 0 Å². The van der Waals surface area contributed by atoms with Crippen LogP contribution >= 0.6 is 23.2 Å². The highest BCUT2D eigenvalue weighted by atomic mass is 35.5. The lowest BCUT2D eigenvalue weighted by molar-refractivity contribution is 0.606. The summed E-state index contributed by atoms with van der Waals surface area (Å²) < 4.78 is 0. The van der Waals surface area contributed by atoms with Crippen molar-refractivity contribution in [3.63, 3.8) is 0 Å². The first-order valence-corrected chi connectivity index (χ1v) is 5.69. The number of anilines is 1.